The summed E-state index contributed by atoms with van der Waals surface area (Å²) in [6, 6.07) is 10.1. The van der Waals surface area contributed by atoms with Crippen molar-refractivity contribution in [2.75, 3.05) is 19.9 Å². The number of piperidine rings is 1. The zero-order valence-corrected chi connectivity index (χ0v) is 20.3. The second-order valence-electron chi connectivity index (χ2n) is 8.50. The molecule has 1 atom stereocenters. The summed E-state index contributed by atoms with van der Waals surface area (Å²) in [5, 5.41) is 14.4. The van der Waals surface area contributed by atoms with E-state index in [-0.39, 0.29) is 6.79 Å². The maximum atomic E-state index is 7.66. The van der Waals surface area contributed by atoms with Gasteiger partial charge in [-0.2, -0.15) is 0 Å². The number of allylic oxidation sites excluding steroid dienone is 2. The minimum atomic E-state index is 0.287. The predicted molar refractivity (Wildman–Crippen MR) is 135 cm³/mol. The number of nitrogens with one attached hydrogen (secondary N) is 3. The summed E-state index contributed by atoms with van der Waals surface area (Å²) >= 11 is 3.46. The van der Waals surface area contributed by atoms with Crippen molar-refractivity contribution in [3.8, 4) is 11.5 Å². The number of aromatic nitrogens is 1. The zero-order chi connectivity index (χ0) is 23.3. The van der Waals surface area contributed by atoms with Crippen molar-refractivity contribution in [2.45, 2.75) is 25.9 Å². The Hall–Kier alpha value is -3.17. The molecule has 5 rings (SSSR count). The van der Waals surface area contributed by atoms with Crippen LogP contribution >= 0.6 is 15.9 Å². The standard InChI is InChI=1S/C25H27BrN6O2/c26-20(11-27)25-30-21(10-23(31-25)29-13-17-4-2-8-28-12-17)18-6-3-9-32(14-18)15-19-5-1-7-22-24(19)34-16-33-22/h1-2,4-5,7-8,10-12,18,27,29,31H,3,6,9,13-16H2/b25-20+,27-11?. The van der Waals surface area contributed by atoms with E-state index in [2.05, 4.69) is 48.6 Å². The molecule has 1 fully saturated rings. The number of fused-ring (bicyclic) bond motifs is 1. The first-order chi connectivity index (χ1) is 16.7. The highest BCUT2D eigenvalue weighted by Gasteiger charge is 2.27. The highest BCUT2D eigenvalue weighted by Crippen LogP contribution is 2.36. The van der Waals surface area contributed by atoms with E-state index < -0.39 is 0 Å². The molecule has 0 bridgehead atoms. The molecule has 0 aliphatic carbocycles. The van der Waals surface area contributed by atoms with Crippen molar-refractivity contribution in [2.24, 2.45) is 10.9 Å². The molecule has 2 aromatic rings. The first kappa shape index (κ1) is 22.6. The van der Waals surface area contributed by atoms with E-state index in [4.69, 9.17) is 19.9 Å². The van der Waals surface area contributed by atoms with Gasteiger partial charge in [0.2, 0.25) is 6.79 Å². The summed E-state index contributed by atoms with van der Waals surface area (Å²) in [5.41, 5.74) is 3.27. The van der Waals surface area contributed by atoms with Gasteiger partial charge in [0.25, 0.3) is 0 Å². The molecule has 0 amide bonds. The van der Waals surface area contributed by atoms with Crippen LogP contribution in [0, 0.1) is 11.3 Å². The Morgan fingerprint density at radius 3 is 3.09 bits per heavy atom. The van der Waals surface area contributed by atoms with Crippen LogP contribution < -0.4 is 20.1 Å². The molecule has 9 heteroatoms. The molecule has 1 aromatic carbocycles. The Balaban J connectivity index is 1.32. The molecule has 34 heavy (non-hydrogen) atoms. The molecule has 3 aliphatic rings. The van der Waals surface area contributed by atoms with Crippen molar-refractivity contribution in [3.63, 3.8) is 0 Å². The van der Waals surface area contributed by atoms with Crippen LogP contribution in [0.2, 0.25) is 0 Å². The van der Waals surface area contributed by atoms with E-state index in [1.54, 1.807) is 6.20 Å². The third-order valence-corrected chi connectivity index (χ3v) is 6.75. The smallest absolute Gasteiger partial charge is 0.231 e. The van der Waals surface area contributed by atoms with Crippen LogP contribution in [0.25, 0.3) is 0 Å². The van der Waals surface area contributed by atoms with Crippen molar-refractivity contribution < 1.29 is 9.47 Å². The van der Waals surface area contributed by atoms with E-state index in [0.29, 0.717) is 22.8 Å². The summed E-state index contributed by atoms with van der Waals surface area (Å²) in [6.45, 7) is 3.70. The lowest BCUT2D eigenvalue weighted by Gasteiger charge is -2.34. The van der Waals surface area contributed by atoms with Crippen molar-refractivity contribution in [1.29, 1.82) is 5.41 Å². The highest BCUT2D eigenvalue weighted by atomic mass is 79.9. The molecule has 4 heterocycles. The molecule has 1 aromatic heterocycles. The fourth-order valence-electron chi connectivity index (χ4n) is 4.48. The van der Waals surface area contributed by atoms with Gasteiger partial charge in [-0.3, -0.25) is 9.88 Å². The molecular formula is C25H27BrN6O2. The molecular weight excluding hydrogens is 496 g/mol. The number of hydrogen-bond acceptors (Lipinski definition) is 8. The summed E-state index contributed by atoms with van der Waals surface area (Å²) in [4.78, 5) is 11.5. The topological polar surface area (TPSA) is 94.9 Å². The number of nitrogens with zero attached hydrogens (tertiary/aromatic N) is 3. The van der Waals surface area contributed by atoms with Crippen molar-refractivity contribution in [3.05, 3.63) is 76.1 Å². The van der Waals surface area contributed by atoms with Crippen LogP contribution in [0.1, 0.15) is 24.0 Å². The minimum absolute atomic E-state index is 0.287. The Bertz CT molecular complexity index is 1150. The number of likely N-dealkylation sites (tertiary alicyclic amines) is 1. The lowest BCUT2D eigenvalue weighted by atomic mass is 9.92. The average Bonchev–Trinajstić information content (AvgIpc) is 3.38. The van der Waals surface area contributed by atoms with Crippen LogP contribution in [0.5, 0.6) is 11.5 Å². The van der Waals surface area contributed by atoms with Crippen LogP contribution in [0.4, 0.5) is 0 Å². The van der Waals surface area contributed by atoms with Crippen LogP contribution in [0.3, 0.4) is 0 Å². The van der Waals surface area contributed by atoms with Crippen LogP contribution in [0.15, 0.2) is 69.9 Å². The summed E-state index contributed by atoms with van der Waals surface area (Å²) in [6.07, 6.45) is 9.15. The maximum Gasteiger partial charge on any atom is 0.231 e. The lowest BCUT2D eigenvalue weighted by Crippen LogP contribution is -2.40. The van der Waals surface area contributed by atoms with Gasteiger partial charge in [0, 0.05) is 55.8 Å². The number of ether oxygens (including phenoxy) is 2. The number of hydrogen-bond donors (Lipinski definition) is 3. The Morgan fingerprint density at radius 1 is 1.29 bits per heavy atom. The van der Waals surface area contributed by atoms with E-state index in [9.17, 15) is 0 Å². The third kappa shape index (κ3) is 5.15. The van der Waals surface area contributed by atoms with Gasteiger partial charge < -0.3 is 25.5 Å². The van der Waals surface area contributed by atoms with Gasteiger partial charge >= 0.3 is 0 Å². The molecule has 8 nitrogen and oxygen atoms in total. The maximum absolute atomic E-state index is 7.66. The number of aliphatic imine (C=N–C) groups is 1. The van der Waals surface area contributed by atoms with Gasteiger partial charge in [-0.15, -0.1) is 0 Å². The van der Waals surface area contributed by atoms with Gasteiger partial charge in [-0.05, 0) is 53.0 Å². The minimum Gasteiger partial charge on any atom is -0.454 e. The summed E-state index contributed by atoms with van der Waals surface area (Å²) < 4.78 is 11.9. The Labute approximate surface area is 207 Å². The zero-order valence-electron chi connectivity index (χ0n) is 18.8. The molecule has 0 spiro atoms. The van der Waals surface area contributed by atoms with Gasteiger partial charge in [0.15, 0.2) is 11.5 Å². The van der Waals surface area contributed by atoms with Gasteiger partial charge in [0.05, 0.1) is 10.2 Å². The number of pyridine rings is 1. The van der Waals surface area contributed by atoms with Crippen molar-refractivity contribution in [1.82, 2.24) is 20.5 Å². The molecule has 0 radical (unpaired) electrons. The summed E-state index contributed by atoms with van der Waals surface area (Å²) in [5.74, 6) is 3.50. The van der Waals surface area contributed by atoms with Crippen molar-refractivity contribution >= 4 is 27.9 Å². The molecule has 3 aliphatic heterocycles. The normalized spacial score (nSPS) is 21.3. The van der Waals surface area contributed by atoms with Crippen LogP contribution in [-0.2, 0) is 13.1 Å². The van der Waals surface area contributed by atoms with E-state index in [1.165, 1.54) is 6.21 Å². The SMILES string of the molecule is N=C/C(Br)=C1/N=C(C2CCCN(Cc3cccc4c3OCO4)C2)C=C(NCc2cccnc2)N1. The second kappa shape index (κ2) is 10.4. The third-order valence-electron chi connectivity index (χ3n) is 6.14. The summed E-state index contributed by atoms with van der Waals surface area (Å²) in [7, 11) is 0. The molecule has 176 valence electrons. The Morgan fingerprint density at radius 2 is 2.24 bits per heavy atom. The lowest BCUT2D eigenvalue weighted by molar-refractivity contribution is 0.168. The quantitative estimate of drug-likeness (QED) is 0.477. The first-order valence-electron chi connectivity index (χ1n) is 11.4. The molecule has 1 unspecified atom stereocenters. The van der Waals surface area contributed by atoms with Gasteiger partial charge in [-0.25, -0.2) is 4.99 Å². The second-order valence-corrected chi connectivity index (χ2v) is 9.35. The number of rotatable bonds is 7. The predicted octanol–water partition coefficient (Wildman–Crippen LogP) is 3.91. The fourth-order valence-corrected chi connectivity index (χ4v) is 4.67. The number of benzene rings is 1. The van der Waals surface area contributed by atoms with E-state index >= 15 is 0 Å². The van der Waals surface area contributed by atoms with Gasteiger partial charge in [0.1, 0.15) is 11.6 Å². The average molecular weight is 523 g/mol. The molecule has 1 saturated heterocycles. The first-order valence-corrected chi connectivity index (χ1v) is 12.2. The highest BCUT2D eigenvalue weighted by molar-refractivity contribution is 9.12. The molecule has 3 N–H and O–H groups in total. The number of halogens is 1. The largest absolute Gasteiger partial charge is 0.454 e. The monoisotopic (exact) mass is 522 g/mol. The fraction of sp³-hybridized carbons (Fsp3) is 0.320. The van der Waals surface area contributed by atoms with Gasteiger partial charge in [-0.1, -0.05) is 18.2 Å². The number of para-hydroxylation sites is 1. The molecule has 0 saturated carbocycles. The van der Waals surface area contributed by atoms with E-state index in [0.717, 1.165) is 66.6 Å². The van der Waals surface area contributed by atoms with E-state index in [1.807, 2.05) is 30.5 Å². The Kier molecular flexibility index (Phi) is 6.92. The van der Waals surface area contributed by atoms with Crippen LogP contribution in [-0.4, -0.2) is 41.7 Å².